The molecule has 0 aromatic heterocycles. The number of rotatable bonds is 0. The summed E-state index contributed by atoms with van der Waals surface area (Å²) >= 11 is 0. The van der Waals surface area contributed by atoms with E-state index in [4.69, 9.17) is 29.4 Å². The van der Waals surface area contributed by atoms with E-state index in [2.05, 4.69) is 0 Å². The summed E-state index contributed by atoms with van der Waals surface area (Å²) in [5, 5.41) is 0. The molecule has 6 nitrogen and oxygen atoms in total. The minimum Gasteiger partial charge on any atom is -0.328 e. The lowest BCUT2D eigenvalue weighted by Crippen LogP contribution is -1.54. The molecule has 0 amide bonds. The van der Waals surface area contributed by atoms with Gasteiger partial charge in [-0.05, 0) is 0 Å². The Kier molecular flexibility index (Phi) is 21.4. The lowest BCUT2D eigenvalue weighted by Gasteiger charge is -1.76. The van der Waals surface area contributed by atoms with Crippen LogP contribution in [0.25, 0.3) is 0 Å². The van der Waals surface area contributed by atoms with Gasteiger partial charge >= 0.3 is 17.2 Å². The van der Waals surface area contributed by atoms with Crippen LogP contribution >= 0.6 is 29.6 Å². The Bertz CT molecular complexity index is 26.5. The van der Waals surface area contributed by atoms with Gasteiger partial charge in [0.2, 0.25) is 0 Å². The maximum absolute atomic E-state index is 7.23. The third-order valence-electron chi connectivity index (χ3n) is 0. The topological polar surface area (TPSA) is 121 Å². The molecule has 0 saturated heterocycles. The number of halogens is 1. The van der Waals surface area contributed by atoms with E-state index in [0.717, 1.165) is 0 Å². The summed E-state index contributed by atoms with van der Waals surface area (Å²) in [6, 6.07) is 0. The molecule has 0 aromatic carbocycles. The lowest BCUT2D eigenvalue weighted by atomic mass is 15.8. The summed E-state index contributed by atoms with van der Waals surface area (Å²) in [5.74, 6) is 0. The van der Waals surface area contributed by atoms with Crippen molar-refractivity contribution in [1.82, 2.24) is 0 Å². The molecule has 0 saturated carbocycles. The molecule has 6 N–H and O–H groups in total. The second kappa shape index (κ2) is 11.7. The first-order chi connectivity index (χ1) is 3.46. The molecule has 60 valence electrons. The maximum Gasteiger partial charge on any atom is 0.324 e. The highest BCUT2D eigenvalue weighted by Crippen LogP contribution is 2.12. The van der Waals surface area contributed by atoms with Crippen LogP contribution in [0.1, 0.15) is 0 Å². The van der Waals surface area contributed by atoms with Crippen LogP contribution in [0.3, 0.4) is 0 Å². The molecular formula is H7ClO6P2. The van der Waals surface area contributed by atoms with Crippen LogP contribution in [0, 0.1) is 0 Å². The van der Waals surface area contributed by atoms with E-state index in [0.29, 0.717) is 0 Å². The minimum absolute atomic E-state index is 0. The summed E-state index contributed by atoms with van der Waals surface area (Å²) in [6.07, 6.45) is 0. The molecule has 0 heterocycles. The standard InChI is InChI=1S/ClH.2H3O3P/c;2*1-4(2)3/h1H;2*1-3H. The molecule has 9 heavy (non-hydrogen) atoms. The van der Waals surface area contributed by atoms with Crippen LogP contribution in [0.15, 0.2) is 0 Å². The van der Waals surface area contributed by atoms with E-state index in [1.807, 2.05) is 0 Å². The molecule has 0 aromatic rings. The molecule has 0 aliphatic rings. The molecule has 0 spiro atoms. The van der Waals surface area contributed by atoms with E-state index in [1.165, 1.54) is 0 Å². The Morgan fingerprint density at radius 3 is 0.556 bits per heavy atom. The summed E-state index contributed by atoms with van der Waals surface area (Å²) in [4.78, 5) is 43.4. The molecular weight excluding hydrogens is 193 g/mol. The molecule has 9 heteroatoms. The Hall–Kier alpha value is 0.910. The van der Waals surface area contributed by atoms with Crippen LogP contribution in [0.5, 0.6) is 0 Å². The second-order valence-electron chi connectivity index (χ2n) is 0.537. The normalized spacial score (nSPS) is 8.00. The molecule has 0 atom stereocenters. The molecule has 0 unspecified atom stereocenters. The maximum atomic E-state index is 7.23. The van der Waals surface area contributed by atoms with E-state index >= 15 is 0 Å². The summed E-state index contributed by atoms with van der Waals surface area (Å²) < 4.78 is 0. The van der Waals surface area contributed by atoms with E-state index in [1.54, 1.807) is 0 Å². The third kappa shape index (κ3) is 514. The SMILES string of the molecule is Cl.OP(O)O.OP(O)O. The van der Waals surface area contributed by atoms with Gasteiger partial charge < -0.3 is 29.4 Å². The van der Waals surface area contributed by atoms with E-state index < -0.39 is 17.2 Å². The van der Waals surface area contributed by atoms with E-state index in [-0.39, 0.29) is 12.4 Å². The van der Waals surface area contributed by atoms with Gasteiger partial charge in [0.25, 0.3) is 0 Å². The predicted octanol–water partition coefficient (Wildman–Crippen LogP) is -1.20. The summed E-state index contributed by atoms with van der Waals surface area (Å²) in [6.45, 7) is 0. The van der Waals surface area contributed by atoms with Crippen LogP contribution in [-0.2, 0) is 0 Å². The summed E-state index contributed by atoms with van der Waals surface area (Å²) in [7, 11) is -5.24. The number of hydrogen-bond acceptors (Lipinski definition) is 6. The highest BCUT2D eigenvalue weighted by molar-refractivity contribution is 7.38. The fourth-order valence-electron chi connectivity index (χ4n) is 0. The summed E-state index contributed by atoms with van der Waals surface area (Å²) in [5.41, 5.74) is 0. The fraction of sp³-hybridized carbons (Fsp3) is 0. The molecule has 0 aliphatic carbocycles. The Morgan fingerprint density at radius 2 is 0.556 bits per heavy atom. The highest BCUT2D eigenvalue weighted by atomic mass is 35.5. The van der Waals surface area contributed by atoms with Gasteiger partial charge in [-0.3, -0.25) is 0 Å². The van der Waals surface area contributed by atoms with E-state index in [9.17, 15) is 0 Å². The molecule has 0 rings (SSSR count). The van der Waals surface area contributed by atoms with Crippen molar-refractivity contribution in [1.29, 1.82) is 0 Å². The third-order valence-corrected chi connectivity index (χ3v) is 0. The van der Waals surface area contributed by atoms with Gasteiger partial charge in [0, 0.05) is 0 Å². The van der Waals surface area contributed by atoms with Crippen molar-refractivity contribution < 1.29 is 29.4 Å². The largest absolute Gasteiger partial charge is 0.328 e. The molecule has 0 aliphatic heterocycles. The quantitative estimate of drug-likeness (QED) is 0.273. The zero-order valence-electron chi connectivity index (χ0n) is 3.99. The highest BCUT2D eigenvalue weighted by Gasteiger charge is 1.76. The minimum atomic E-state index is -2.62. The van der Waals surface area contributed by atoms with Crippen molar-refractivity contribution >= 4 is 29.6 Å². The van der Waals surface area contributed by atoms with Crippen molar-refractivity contribution in [3.63, 3.8) is 0 Å². The zero-order chi connectivity index (χ0) is 7.15. The van der Waals surface area contributed by atoms with Crippen LogP contribution in [-0.4, -0.2) is 29.4 Å². The Balaban J connectivity index is -0.0000000720. The van der Waals surface area contributed by atoms with Crippen LogP contribution < -0.4 is 0 Å². The van der Waals surface area contributed by atoms with Gasteiger partial charge in [-0.2, -0.15) is 0 Å². The Morgan fingerprint density at radius 1 is 0.556 bits per heavy atom. The van der Waals surface area contributed by atoms with Gasteiger partial charge in [-0.25, -0.2) is 0 Å². The monoisotopic (exact) mass is 200 g/mol. The molecule has 0 fully saturated rings. The van der Waals surface area contributed by atoms with Crippen LogP contribution in [0.4, 0.5) is 0 Å². The predicted molar refractivity (Wildman–Crippen MR) is 34.4 cm³/mol. The van der Waals surface area contributed by atoms with Crippen molar-refractivity contribution in [3.8, 4) is 0 Å². The average molecular weight is 200 g/mol. The van der Waals surface area contributed by atoms with Crippen molar-refractivity contribution in [2.45, 2.75) is 0 Å². The first kappa shape index (κ1) is 16.5. The van der Waals surface area contributed by atoms with Gasteiger partial charge in [-0.1, -0.05) is 0 Å². The molecule has 0 radical (unpaired) electrons. The van der Waals surface area contributed by atoms with Crippen molar-refractivity contribution in [2.24, 2.45) is 0 Å². The lowest BCUT2D eigenvalue weighted by molar-refractivity contribution is 0.366. The second-order valence-corrected chi connectivity index (χ2v) is 1.61. The van der Waals surface area contributed by atoms with Gasteiger partial charge in [-0.15, -0.1) is 12.4 Å². The van der Waals surface area contributed by atoms with Gasteiger partial charge in [0.15, 0.2) is 0 Å². The van der Waals surface area contributed by atoms with Crippen LogP contribution in [0.2, 0.25) is 0 Å². The van der Waals surface area contributed by atoms with Crippen molar-refractivity contribution in [3.05, 3.63) is 0 Å². The molecule has 0 bridgehead atoms. The smallest absolute Gasteiger partial charge is 0.324 e. The first-order valence-corrected chi connectivity index (χ1v) is 3.60. The van der Waals surface area contributed by atoms with Gasteiger partial charge in [0.1, 0.15) is 0 Å². The average Bonchev–Trinajstić information content (AvgIpc) is 1.25. The zero-order valence-corrected chi connectivity index (χ0v) is 6.59. The van der Waals surface area contributed by atoms with Crippen molar-refractivity contribution in [2.75, 3.05) is 0 Å². The number of hydrogen-bond donors (Lipinski definition) is 6. The Labute approximate surface area is 59.8 Å². The fourth-order valence-corrected chi connectivity index (χ4v) is 0. The first-order valence-electron chi connectivity index (χ1n) is 1.20. The van der Waals surface area contributed by atoms with Gasteiger partial charge in [0.05, 0.1) is 0 Å².